The van der Waals surface area contributed by atoms with Gasteiger partial charge in [0.1, 0.15) is 6.54 Å². The Balaban J connectivity index is 2.50. The van der Waals surface area contributed by atoms with E-state index in [2.05, 4.69) is 4.58 Å². The predicted octanol–water partition coefficient (Wildman–Crippen LogP) is -0.469. The molecule has 1 aliphatic rings. The molecule has 0 spiro atoms. The summed E-state index contributed by atoms with van der Waals surface area (Å²) >= 11 is 0. The number of hydrogen-bond acceptors (Lipinski definition) is 1. The standard InChI is InChI=1S/C7H14N2O/c1-6(8)9(4-5-10)7-2-3-7/h7-8,10H,2-5H2,1H3/p+1. The van der Waals surface area contributed by atoms with Crippen molar-refractivity contribution in [2.45, 2.75) is 25.8 Å². The van der Waals surface area contributed by atoms with Gasteiger partial charge in [-0.3, -0.25) is 10.3 Å². The predicted molar refractivity (Wildman–Crippen MR) is 40.1 cm³/mol. The first-order chi connectivity index (χ1) is 4.75. The Hall–Kier alpha value is -0.570. The molecule has 0 aliphatic heterocycles. The van der Waals surface area contributed by atoms with Crippen molar-refractivity contribution in [2.75, 3.05) is 13.2 Å². The van der Waals surface area contributed by atoms with Gasteiger partial charge in [-0.25, -0.2) is 0 Å². The molecule has 10 heavy (non-hydrogen) atoms. The third-order valence-corrected chi connectivity index (χ3v) is 1.78. The maximum atomic E-state index is 8.65. The van der Waals surface area contributed by atoms with Crippen LogP contribution in [0.1, 0.15) is 19.8 Å². The molecule has 3 heteroatoms. The Bertz CT molecular complexity index is 146. The largest absolute Gasteiger partial charge is 0.392 e. The zero-order chi connectivity index (χ0) is 7.56. The summed E-state index contributed by atoms with van der Waals surface area (Å²) in [6.07, 6.45) is 2.46. The molecule has 0 aromatic carbocycles. The van der Waals surface area contributed by atoms with Crippen LogP contribution in [-0.4, -0.2) is 34.7 Å². The van der Waals surface area contributed by atoms with Gasteiger partial charge in [0.05, 0.1) is 12.6 Å². The first-order valence-electron chi connectivity index (χ1n) is 3.72. The van der Waals surface area contributed by atoms with E-state index in [0.29, 0.717) is 12.6 Å². The summed E-state index contributed by atoms with van der Waals surface area (Å²) in [5, 5.41) is 8.65. The Labute approximate surface area is 61.2 Å². The number of amidine groups is 1. The van der Waals surface area contributed by atoms with Gasteiger partial charge in [0.25, 0.3) is 0 Å². The van der Waals surface area contributed by atoms with E-state index in [9.17, 15) is 0 Å². The van der Waals surface area contributed by atoms with Gasteiger partial charge in [-0.1, -0.05) is 0 Å². The minimum absolute atomic E-state index is 0.199. The third kappa shape index (κ3) is 1.70. The topological polar surface area (TPSA) is 49.3 Å². The molecule has 0 amide bonds. The van der Waals surface area contributed by atoms with Crippen LogP contribution in [0.25, 0.3) is 0 Å². The molecule has 3 N–H and O–H groups in total. The molecule has 1 saturated carbocycles. The molecule has 3 nitrogen and oxygen atoms in total. The maximum Gasteiger partial charge on any atom is 0.239 e. The van der Waals surface area contributed by atoms with Gasteiger partial charge >= 0.3 is 0 Å². The van der Waals surface area contributed by atoms with E-state index < -0.39 is 0 Å². The lowest BCUT2D eigenvalue weighted by Crippen LogP contribution is -2.29. The molecular weight excluding hydrogens is 128 g/mol. The lowest BCUT2D eigenvalue weighted by atomic mass is 10.5. The summed E-state index contributed by atoms with van der Waals surface area (Å²) in [6, 6.07) is 0.622. The fourth-order valence-corrected chi connectivity index (χ4v) is 1.14. The number of nitrogens with zero attached hydrogens (tertiary/aromatic N) is 1. The minimum Gasteiger partial charge on any atom is -0.392 e. The van der Waals surface area contributed by atoms with Crippen LogP contribution in [0.15, 0.2) is 0 Å². The van der Waals surface area contributed by atoms with Crippen molar-refractivity contribution in [1.82, 2.24) is 0 Å². The molecule has 1 aliphatic carbocycles. The van der Waals surface area contributed by atoms with Crippen LogP contribution in [0.3, 0.4) is 0 Å². The molecule has 1 rings (SSSR count). The van der Waals surface area contributed by atoms with Crippen molar-refractivity contribution >= 4 is 5.84 Å². The van der Waals surface area contributed by atoms with Gasteiger partial charge in [-0.2, -0.15) is 0 Å². The highest BCUT2D eigenvalue weighted by Crippen LogP contribution is 2.22. The highest BCUT2D eigenvalue weighted by Gasteiger charge is 2.29. The average Bonchev–Trinajstić information content (AvgIpc) is 2.63. The zero-order valence-corrected chi connectivity index (χ0v) is 6.38. The van der Waals surface area contributed by atoms with Crippen molar-refractivity contribution in [3.05, 3.63) is 0 Å². The number of aliphatic hydroxyl groups is 1. The summed E-state index contributed by atoms with van der Waals surface area (Å²) in [6.45, 7) is 2.77. The highest BCUT2D eigenvalue weighted by atomic mass is 16.3. The quantitative estimate of drug-likeness (QED) is 0.319. The van der Waals surface area contributed by atoms with E-state index in [1.54, 1.807) is 0 Å². The summed E-state index contributed by atoms with van der Waals surface area (Å²) in [5.41, 5.74) is 5.60. The van der Waals surface area contributed by atoms with Gasteiger partial charge in [0, 0.05) is 6.92 Å². The molecule has 0 aromatic rings. The SMILES string of the molecule is CC(N)=[N+](CCO)C1CC1. The first-order valence-corrected chi connectivity index (χ1v) is 3.72. The molecule has 0 aromatic heterocycles. The lowest BCUT2D eigenvalue weighted by Gasteiger charge is -2.03. The fraction of sp³-hybridized carbons (Fsp3) is 0.857. The van der Waals surface area contributed by atoms with Crippen molar-refractivity contribution in [3.63, 3.8) is 0 Å². The van der Waals surface area contributed by atoms with Crippen molar-refractivity contribution in [3.8, 4) is 0 Å². The number of rotatable bonds is 3. The van der Waals surface area contributed by atoms with Crippen LogP contribution in [0.5, 0.6) is 0 Å². The number of nitrogens with two attached hydrogens (primary N) is 1. The Kier molecular flexibility index (Phi) is 2.27. The third-order valence-electron chi connectivity index (χ3n) is 1.78. The summed E-state index contributed by atoms with van der Waals surface area (Å²) in [7, 11) is 0. The monoisotopic (exact) mass is 143 g/mol. The van der Waals surface area contributed by atoms with Gasteiger partial charge in [0.2, 0.25) is 5.84 Å². The average molecular weight is 143 g/mol. The maximum absolute atomic E-state index is 8.65. The van der Waals surface area contributed by atoms with Gasteiger partial charge < -0.3 is 5.11 Å². The molecule has 0 unspecified atom stereocenters. The van der Waals surface area contributed by atoms with E-state index in [-0.39, 0.29) is 6.61 Å². The van der Waals surface area contributed by atoms with Gasteiger partial charge in [0.15, 0.2) is 0 Å². The van der Waals surface area contributed by atoms with Crippen molar-refractivity contribution in [2.24, 2.45) is 5.73 Å². The lowest BCUT2D eigenvalue weighted by molar-refractivity contribution is -0.545. The fourth-order valence-electron chi connectivity index (χ4n) is 1.14. The molecule has 0 heterocycles. The molecule has 0 atom stereocenters. The van der Waals surface area contributed by atoms with E-state index in [1.165, 1.54) is 12.8 Å². The van der Waals surface area contributed by atoms with Crippen LogP contribution in [-0.2, 0) is 0 Å². The van der Waals surface area contributed by atoms with Crippen LogP contribution >= 0.6 is 0 Å². The zero-order valence-electron chi connectivity index (χ0n) is 6.38. The molecular formula is C7H15N2O+. The summed E-state index contributed by atoms with van der Waals surface area (Å²) in [5.74, 6) is 0.830. The number of hydrogen-bond donors (Lipinski definition) is 2. The Morgan fingerprint density at radius 3 is 2.60 bits per heavy atom. The second-order valence-electron chi connectivity index (χ2n) is 2.79. The van der Waals surface area contributed by atoms with E-state index >= 15 is 0 Å². The highest BCUT2D eigenvalue weighted by molar-refractivity contribution is 5.72. The second-order valence-corrected chi connectivity index (χ2v) is 2.79. The molecule has 1 fully saturated rings. The van der Waals surface area contributed by atoms with E-state index in [0.717, 1.165) is 5.84 Å². The van der Waals surface area contributed by atoms with Crippen molar-refractivity contribution < 1.29 is 9.68 Å². The first kappa shape index (κ1) is 7.54. The van der Waals surface area contributed by atoms with Crippen LogP contribution in [0.2, 0.25) is 0 Å². The second kappa shape index (κ2) is 3.01. The molecule has 58 valence electrons. The van der Waals surface area contributed by atoms with Gasteiger partial charge in [-0.15, -0.1) is 0 Å². The van der Waals surface area contributed by atoms with Crippen LogP contribution in [0.4, 0.5) is 0 Å². The summed E-state index contributed by atoms with van der Waals surface area (Å²) < 4.78 is 2.07. The van der Waals surface area contributed by atoms with Crippen molar-refractivity contribution in [1.29, 1.82) is 0 Å². The summed E-state index contributed by atoms with van der Waals surface area (Å²) in [4.78, 5) is 0. The molecule has 0 saturated heterocycles. The van der Waals surface area contributed by atoms with Crippen LogP contribution < -0.4 is 5.73 Å². The van der Waals surface area contributed by atoms with E-state index in [1.807, 2.05) is 6.92 Å². The normalized spacial score (nSPS) is 20.6. The molecule has 0 radical (unpaired) electrons. The van der Waals surface area contributed by atoms with E-state index in [4.69, 9.17) is 10.8 Å². The molecule has 0 bridgehead atoms. The van der Waals surface area contributed by atoms with Crippen LogP contribution in [0, 0.1) is 0 Å². The Morgan fingerprint density at radius 2 is 2.30 bits per heavy atom. The smallest absolute Gasteiger partial charge is 0.239 e. The van der Waals surface area contributed by atoms with Gasteiger partial charge in [-0.05, 0) is 12.8 Å². The number of aliphatic hydroxyl groups excluding tert-OH is 1. The Morgan fingerprint density at radius 1 is 1.70 bits per heavy atom. The minimum atomic E-state index is 0.199.